The number of carboxylic acid groups (broad SMARTS) is 3. The van der Waals surface area contributed by atoms with Crippen LogP contribution in [0.1, 0.15) is 118 Å². The number of hydrogen-bond donors (Lipinski definition) is 19. The van der Waals surface area contributed by atoms with Crippen molar-refractivity contribution in [1.29, 1.82) is 0 Å². The molecule has 10 amide bonds. The molecule has 0 spiro atoms. The molecule has 0 fully saturated rings. The second-order valence-corrected chi connectivity index (χ2v) is 21.2. The molecule has 1 aromatic rings. The van der Waals surface area contributed by atoms with Crippen LogP contribution in [0.15, 0.2) is 12.5 Å². The van der Waals surface area contributed by atoms with Gasteiger partial charge in [-0.15, -0.1) is 0 Å². The number of nitrogens with two attached hydrogens (primary N) is 2. The maximum absolute atomic E-state index is 14.0. The van der Waals surface area contributed by atoms with Gasteiger partial charge in [0.1, 0.15) is 54.4 Å². The molecule has 21 N–H and O–H groups in total. The number of aromatic amines is 1. The minimum Gasteiger partial charge on any atom is -0.481 e. The minimum absolute atomic E-state index is 0.0919. The van der Waals surface area contributed by atoms with Crippen LogP contribution < -0.4 is 64.6 Å². The van der Waals surface area contributed by atoms with E-state index < -0.39 is 194 Å². The molecule has 1 heterocycles. The molecule has 33 nitrogen and oxygen atoms in total. The van der Waals surface area contributed by atoms with Crippen LogP contribution >= 0.6 is 0 Å². The number of nitrogens with one attached hydrogen (secondary N) is 11. The fourth-order valence-electron chi connectivity index (χ4n) is 8.05. The van der Waals surface area contributed by atoms with Gasteiger partial charge in [-0.05, 0) is 63.3 Å². The summed E-state index contributed by atoms with van der Waals surface area (Å²) in [6.45, 7) is 8.67. The predicted molar refractivity (Wildman–Crippen MR) is 299 cm³/mol. The van der Waals surface area contributed by atoms with Crippen molar-refractivity contribution in [3.8, 4) is 0 Å². The number of aromatic nitrogens is 2. The van der Waals surface area contributed by atoms with E-state index in [4.69, 9.17) is 11.5 Å². The molecule has 0 aromatic carbocycles. The molecular weight excluding hydrogens is 1120 g/mol. The molecule has 0 unspecified atom stereocenters. The lowest BCUT2D eigenvalue weighted by Crippen LogP contribution is -2.63. The van der Waals surface area contributed by atoms with Crippen molar-refractivity contribution in [3.05, 3.63) is 18.2 Å². The summed E-state index contributed by atoms with van der Waals surface area (Å²) in [7, 11) is 0. The molecular formula is C52H88N14O19. The van der Waals surface area contributed by atoms with E-state index in [0.717, 1.165) is 6.92 Å². The summed E-state index contributed by atoms with van der Waals surface area (Å²) in [6, 6.07) is -15.6. The van der Waals surface area contributed by atoms with E-state index in [1.807, 2.05) is 0 Å². The van der Waals surface area contributed by atoms with Gasteiger partial charge in [0, 0.05) is 44.1 Å². The number of carbonyl (C=O) groups excluding carboxylic acids is 10. The van der Waals surface area contributed by atoms with Crippen LogP contribution in [0, 0.1) is 17.8 Å². The van der Waals surface area contributed by atoms with Crippen LogP contribution in [-0.2, 0) is 68.7 Å². The topological polar surface area (TPSA) is 544 Å². The Bertz CT molecular complexity index is 2390. The first-order valence-electron chi connectivity index (χ1n) is 27.9. The highest BCUT2D eigenvalue weighted by atomic mass is 16.4. The highest BCUT2D eigenvalue weighted by molar-refractivity contribution is 5.99. The van der Waals surface area contributed by atoms with Crippen LogP contribution in [0.3, 0.4) is 0 Å². The third kappa shape index (κ3) is 28.0. The maximum atomic E-state index is 14.0. The molecule has 12 atom stereocenters. The number of carboxylic acids is 3. The van der Waals surface area contributed by atoms with Gasteiger partial charge in [-0.25, -0.2) is 9.78 Å². The van der Waals surface area contributed by atoms with Gasteiger partial charge in [-0.3, -0.25) is 57.5 Å². The molecule has 33 heteroatoms. The largest absolute Gasteiger partial charge is 0.481 e. The molecule has 1 aromatic heterocycles. The van der Waals surface area contributed by atoms with Gasteiger partial charge in [0.05, 0.1) is 31.7 Å². The number of aliphatic hydroxyl groups is 3. The number of nitrogens with zero attached hydrogens (tertiary/aromatic N) is 1. The fraction of sp³-hybridized carbons (Fsp3) is 0.692. The third-order valence-corrected chi connectivity index (χ3v) is 13.2. The lowest BCUT2D eigenvalue weighted by molar-refractivity contribution is -0.142. The first kappa shape index (κ1) is 75.1. The Morgan fingerprint density at radius 3 is 1.47 bits per heavy atom. The van der Waals surface area contributed by atoms with Crippen LogP contribution in [0.25, 0.3) is 0 Å². The highest BCUT2D eigenvalue weighted by Gasteiger charge is 2.38. The lowest BCUT2D eigenvalue weighted by Gasteiger charge is -2.30. The molecule has 1 rings (SSSR count). The smallest absolute Gasteiger partial charge is 0.326 e. The average Bonchev–Trinajstić information content (AvgIpc) is 3.87. The third-order valence-electron chi connectivity index (χ3n) is 13.2. The number of unbranched alkanes of at least 4 members (excludes halogenated alkanes) is 1. The molecule has 480 valence electrons. The summed E-state index contributed by atoms with van der Waals surface area (Å²) < 4.78 is 0. The molecule has 0 aliphatic carbocycles. The zero-order valence-electron chi connectivity index (χ0n) is 48.9. The van der Waals surface area contributed by atoms with E-state index in [9.17, 15) is 93.0 Å². The Hall–Kier alpha value is -7.88. The molecule has 0 saturated carbocycles. The summed E-state index contributed by atoms with van der Waals surface area (Å²) in [5, 5.41) is 83.1. The van der Waals surface area contributed by atoms with Crippen molar-refractivity contribution in [2.45, 2.75) is 186 Å². The zero-order chi connectivity index (χ0) is 64.7. The van der Waals surface area contributed by atoms with Gasteiger partial charge >= 0.3 is 17.9 Å². The Morgan fingerprint density at radius 2 is 1.02 bits per heavy atom. The van der Waals surface area contributed by atoms with Crippen molar-refractivity contribution in [2.75, 3.05) is 26.3 Å². The molecule has 85 heavy (non-hydrogen) atoms. The quantitative estimate of drug-likeness (QED) is 0.0271. The standard InChI is InChI=1S/C52H88N14O19/c1-8-27(6)41(65-48(80)36(23-68)63-47(79)35(22-67)62-46(78)33(19-25(2)3)61-43(75)30(54)11-9-10-17-53)50(82)59-32(13-15-39(73)74)45(77)66-42(28(7)69)51(83)60-31(12-14-38(71)72)44(76)64-40(26(4)5)49(81)56-18-16-37(70)58-34(52(84)85)20-29-21-55-24-57-29/h21,24-28,30-36,40-42,67-69H,8-20,22-23,53-54H2,1-7H3,(H,55,57)(H,56,81)(H,58,70)(H,59,82)(H,60,83)(H,61,75)(H,62,78)(H,63,79)(H,64,76)(H,65,80)(H,66,77)(H,71,72)(H,73,74)(H,84,85)/t27-,28+,30-,31-,32-,33-,34-,35-,36-,40-,41-,42-/m0/s1. The molecule has 0 radical (unpaired) electrons. The minimum atomic E-state index is -1.99. The van der Waals surface area contributed by atoms with Gasteiger partial charge in [0.2, 0.25) is 59.1 Å². The van der Waals surface area contributed by atoms with Crippen LogP contribution in [0.5, 0.6) is 0 Å². The summed E-state index contributed by atoms with van der Waals surface area (Å²) in [5.74, 6) is -16.0. The Labute approximate surface area is 491 Å². The molecule has 0 saturated heterocycles. The average molecular weight is 1210 g/mol. The molecule has 0 aliphatic rings. The summed E-state index contributed by atoms with van der Waals surface area (Å²) in [6.07, 6.45) is -0.663. The van der Waals surface area contributed by atoms with Crippen LogP contribution in [0.4, 0.5) is 0 Å². The predicted octanol–water partition coefficient (Wildman–Crippen LogP) is -5.79. The van der Waals surface area contributed by atoms with E-state index in [1.165, 1.54) is 33.3 Å². The number of imidazole rings is 1. The number of rotatable bonds is 42. The number of hydrogen-bond acceptors (Lipinski definition) is 19. The number of carbonyl (C=O) groups is 13. The fourth-order valence-corrected chi connectivity index (χ4v) is 8.05. The first-order chi connectivity index (χ1) is 39.9. The van der Waals surface area contributed by atoms with Gasteiger partial charge < -0.3 is 100 Å². The second kappa shape index (κ2) is 38.9. The van der Waals surface area contributed by atoms with Gasteiger partial charge in [0.15, 0.2) is 0 Å². The van der Waals surface area contributed by atoms with Crippen molar-refractivity contribution in [1.82, 2.24) is 63.1 Å². The van der Waals surface area contributed by atoms with Crippen molar-refractivity contribution < 1.29 is 93.0 Å². The van der Waals surface area contributed by atoms with Crippen LogP contribution in [-0.4, -0.2) is 210 Å². The summed E-state index contributed by atoms with van der Waals surface area (Å²) >= 11 is 0. The van der Waals surface area contributed by atoms with Gasteiger partial charge in [0.25, 0.3) is 0 Å². The van der Waals surface area contributed by atoms with Gasteiger partial charge in [-0.2, -0.15) is 0 Å². The maximum Gasteiger partial charge on any atom is 0.326 e. The lowest BCUT2D eigenvalue weighted by atomic mass is 9.97. The Morgan fingerprint density at radius 1 is 0.553 bits per heavy atom. The van der Waals surface area contributed by atoms with E-state index >= 15 is 0 Å². The number of aliphatic carboxylic acids is 3. The first-order valence-corrected chi connectivity index (χ1v) is 27.9. The summed E-state index contributed by atoms with van der Waals surface area (Å²) in [4.78, 5) is 177. The van der Waals surface area contributed by atoms with Crippen molar-refractivity contribution in [2.24, 2.45) is 29.2 Å². The van der Waals surface area contributed by atoms with E-state index in [2.05, 4.69) is 63.1 Å². The molecule has 0 aliphatic heterocycles. The Kier molecular flexibility index (Phi) is 34.4. The van der Waals surface area contributed by atoms with Gasteiger partial charge in [-0.1, -0.05) is 54.4 Å². The SMILES string of the molecule is CC[C@H](C)[C@H](NC(=O)[C@H](CO)NC(=O)[C@H](CO)NC(=O)[C@H](CC(C)C)NC(=O)[C@@H](N)CCCCN)C(=O)N[C@@H](CCC(=O)O)C(=O)N[C@H](C(=O)N[C@@H](CCC(=O)O)C(=O)N[C@H](C(=O)NCCC(=O)N[C@@H](Cc1cnc[nH]1)C(=O)O)C(C)C)[C@@H](C)O. The van der Waals surface area contributed by atoms with E-state index in [1.54, 1.807) is 20.8 Å². The normalized spacial score (nSPS) is 15.5. The highest BCUT2D eigenvalue weighted by Crippen LogP contribution is 2.13. The van der Waals surface area contributed by atoms with E-state index in [-0.39, 0.29) is 44.6 Å². The zero-order valence-corrected chi connectivity index (χ0v) is 48.9. The number of amides is 10. The Balaban J connectivity index is 3.29. The molecule has 0 bridgehead atoms. The van der Waals surface area contributed by atoms with Crippen LogP contribution in [0.2, 0.25) is 0 Å². The van der Waals surface area contributed by atoms with Crippen molar-refractivity contribution >= 4 is 77.0 Å². The summed E-state index contributed by atoms with van der Waals surface area (Å²) in [5.41, 5.74) is 11.9. The number of H-pyrrole nitrogens is 1. The monoisotopic (exact) mass is 1210 g/mol. The number of aliphatic hydroxyl groups excluding tert-OH is 3. The van der Waals surface area contributed by atoms with Crippen molar-refractivity contribution in [3.63, 3.8) is 0 Å². The van der Waals surface area contributed by atoms with E-state index in [0.29, 0.717) is 25.1 Å². The second-order valence-electron chi connectivity index (χ2n) is 21.2.